The van der Waals surface area contributed by atoms with Gasteiger partial charge in [0.25, 0.3) is 5.89 Å². The van der Waals surface area contributed by atoms with Gasteiger partial charge in [-0.15, -0.1) is 11.3 Å². The number of rotatable bonds is 7. The van der Waals surface area contributed by atoms with Crippen LogP contribution in [-0.4, -0.2) is 26.9 Å². The average molecular weight is 357 g/mol. The standard InChI is InChI=1S/C17H15N3O4S/c1-11(17-19-16(20-24-17)12-4-2-8-18-10-12)23-15(22)7-6-13(21)14-5-3-9-25-14/h2-5,8-11H,6-7H2,1H3. The molecule has 7 nitrogen and oxygen atoms in total. The van der Waals surface area contributed by atoms with E-state index in [0.717, 1.165) is 0 Å². The normalized spacial score (nSPS) is 11.9. The van der Waals surface area contributed by atoms with Gasteiger partial charge in [0.15, 0.2) is 11.9 Å². The molecule has 3 aromatic rings. The molecule has 0 bridgehead atoms. The van der Waals surface area contributed by atoms with Crippen molar-refractivity contribution in [3.8, 4) is 11.4 Å². The number of nitrogens with zero attached hydrogens (tertiary/aromatic N) is 3. The van der Waals surface area contributed by atoms with Crippen molar-refractivity contribution >= 4 is 23.1 Å². The SMILES string of the molecule is CC(OC(=O)CCC(=O)c1cccs1)c1nc(-c2cccnc2)no1. The second-order valence-electron chi connectivity index (χ2n) is 5.23. The fourth-order valence-electron chi connectivity index (χ4n) is 2.10. The van der Waals surface area contributed by atoms with E-state index in [1.54, 1.807) is 43.6 Å². The highest BCUT2D eigenvalue weighted by Gasteiger charge is 2.20. The summed E-state index contributed by atoms with van der Waals surface area (Å²) >= 11 is 1.35. The van der Waals surface area contributed by atoms with Crippen molar-refractivity contribution in [2.24, 2.45) is 0 Å². The summed E-state index contributed by atoms with van der Waals surface area (Å²) in [7, 11) is 0. The molecular formula is C17H15N3O4S. The van der Waals surface area contributed by atoms with E-state index in [-0.39, 0.29) is 24.5 Å². The Morgan fingerprint density at radius 1 is 1.28 bits per heavy atom. The topological polar surface area (TPSA) is 95.2 Å². The third kappa shape index (κ3) is 4.36. The average Bonchev–Trinajstić information content (AvgIpc) is 3.32. The summed E-state index contributed by atoms with van der Waals surface area (Å²) in [6, 6.07) is 7.10. The van der Waals surface area contributed by atoms with Crippen molar-refractivity contribution in [2.45, 2.75) is 25.9 Å². The number of hydrogen-bond donors (Lipinski definition) is 0. The Labute approximate surface area is 147 Å². The minimum atomic E-state index is -0.692. The molecule has 3 aromatic heterocycles. The van der Waals surface area contributed by atoms with E-state index in [2.05, 4.69) is 15.1 Å². The number of carbonyl (C=O) groups excluding carboxylic acids is 2. The molecule has 0 amide bonds. The maximum absolute atomic E-state index is 11.9. The van der Waals surface area contributed by atoms with Crippen molar-refractivity contribution in [3.05, 3.63) is 52.8 Å². The first-order valence-corrected chi connectivity index (χ1v) is 8.51. The Balaban J connectivity index is 1.53. The van der Waals surface area contributed by atoms with E-state index < -0.39 is 12.1 Å². The first-order chi connectivity index (χ1) is 12.1. The molecule has 0 N–H and O–H groups in total. The van der Waals surface area contributed by atoms with Crippen LogP contribution in [0.2, 0.25) is 0 Å². The zero-order valence-corrected chi connectivity index (χ0v) is 14.2. The third-order valence-corrected chi connectivity index (χ3v) is 4.28. The minimum Gasteiger partial charge on any atom is -0.453 e. The molecule has 128 valence electrons. The van der Waals surface area contributed by atoms with Gasteiger partial charge < -0.3 is 9.26 Å². The Morgan fingerprint density at radius 2 is 2.16 bits per heavy atom. The highest BCUT2D eigenvalue weighted by Crippen LogP contribution is 2.20. The summed E-state index contributed by atoms with van der Waals surface area (Å²) in [6.07, 6.45) is 2.68. The number of ketones is 1. The van der Waals surface area contributed by atoms with Crippen molar-refractivity contribution in [3.63, 3.8) is 0 Å². The maximum Gasteiger partial charge on any atom is 0.307 e. The lowest BCUT2D eigenvalue weighted by atomic mass is 10.2. The molecular weight excluding hydrogens is 342 g/mol. The molecule has 0 saturated heterocycles. The molecule has 1 atom stereocenters. The second kappa shape index (κ2) is 7.80. The van der Waals surface area contributed by atoms with Crippen molar-refractivity contribution < 1.29 is 18.8 Å². The van der Waals surface area contributed by atoms with Gasteiger partial charge in [0.2, 0.25) is 5.82 Å². The molecule has 25 heavy (non-hydrogen) atoms. The molecule has 0 aliphatic carbocycles. The van der Waals surface area contributed by atoms with Crippen LogP contribution in [0.5, 0.6) is 0 Å². The predicted molar refractivity (Wildman–Crippen MR) is 89.9 cm³/mol. The van der Waals surface area contributed by atoms with Crippen LogP contribution < -0.4 is 0 Å². The molecule has 3 heterocycles. The van der Waals surface area contributed by atoms with Gasteiger partial charge in [-0.3, -0.25) is 14.6 Å². The quantitative estimate of drug-likeness (QED) is 0.472. The van der Waals surface area contributed by atoms with Crippen molar-refractivity contribution in [1.82, 2.24) is 15.1 Å². The van der Waals surface area contributed by atoms with Crippen LogP contribution in [0.4, 0.5) is 0 Å². The molecule has 0 aliphatic heterocycles. The van der Waals surface area contributed by atoms with E-state index in [1.807, 2.05) is 5.38 Å². The van der Waals surface area contributed by atoms with E-state index in [1.165, 1.54) is 11.3 Å². The number of thiophene rings is 1. The lowest BCUT2D eigenvalue weighted by Gasteiger charge is -2.08. The first kappa shape index (κ1) is 17.0. The predicted octanol–water partition coefficient (Wildman–Crippen LogP) is 3.46. The number of esters is 1. The van der Waals surface area contributed by atoms with Crippen LogP contribution in [0, 0.1) is 0 Å². The van der Waals surface area contributed by atoms with E-state index >= 15 is 0 Å². The summed E-state index contributed by atoms with van der Waals surface area (Å²) in [5.74, 6) is 0.00505. The minimum absolute atomic E-state index is 0.00464. The number of ether oxygens (including phenoxy) is 1. The largest absolute Gasteiger partial charge is 0.453 e. The smallest absolute Gasteiger partial charge is 0.307 e. The molecule has 0 radical (unpaired) electrons. The zero-order chi connectivity index (χ0) is 17.6. The number of pyridine rings is 1. The van der Waals surface area contributed by atoms with Gasteiger partial charge in [0, 0.05) is 24.4 Å². The van der Waals surface area contributed by atoms with Gasteiger partial charge in [-0.25, -0.2) is 0 Å². The van der Waals surface area contributed by atoms with Gasteiger partial charge in [-0.2, -0.15) is 4.98 Å². The molecule has 1 unspecified atom stereocenters. The van der Waals surface area contributed by atoms with Gasteiger partial charge in [0.1, 0.15) is 0 Å². The first-order valence-electron chi connectivity index (χ1n) is 7.63. The van der Waals surface area contributed by atoms with Gasteiger partial charge in [-0.05, 0) is 30.5 Å². The van der Waals surface area contributed by atoms with Crippen LogP contribution in [0.1, 0.15) is 41.4 Å². The Bertz CT molecular complexity index is 846. The summed E-state index contributed by atoms with van der Waals surface area (Å²) in [5.41, 5.74) is 0.706. The van der Waals surface area contributed by atoms with Crippen LogP contribution in [0.3, 0.4) is 0 Å². The second-order valence-corrected chi connectivity index (χ2v) is 6.18. The number of Topliss-reactive ketones (excluding diaryl/α,β-unsaturated/α-hetero) is 1. The molecule has 8 heteroatoms. The Morgan fingerprint density at radius 3 is 2.88 bits per heavy atom. The maximum atomic E-state index is 11.9. The third-order valence-electron chi connectivity index (χ3n) is 3.37. The van der Waals surface area contributed by atoms with E-state index in [9.17, 15) is 9.59 Å². The molecule has 0 saturated carbocycles. The van der Waals surface area contributed by atoms with E-state index in [0.29, 0.717) is 16.3 Å². The zero-order valence-electron chi connectivity index (χ0n) is 13.4. The number of carbonyl (C=O) groups is 2. The van der Waals surface area contributed by atoms with E-state index in [4.69, 9.17) is 9.26 Å². The number of aromatic nitrogens is 3. The summed E-state index contributed by atoms with van der Waals surface area (Å²) in [5, 5.41) is 5.68. The van der Waals surface area contributed by atoms with Gasteiger partial charge in [-0.1, -0.05) is 11.2 Å². The summed E-state index contributed by atoms with van der Waals surface area (Å²) in [4.78, 5) is 32.6. The molecule has 0 fully saturated rings. The highest BCUT2D eigenvalue weighted by atomic mass is 32.1. The molecule has 0 aromatic carbocycles. The molecule has 3 rings (SSSR count). The fourth-order valence-corrected chi connectivity index (χ4v) is 2.79. The van der Waals surface area contributed by atoms with Crippen LogP contribution in [-0.2, 0) is 9.53 Å². The molecule has 0 aliphatic rings. The van der Waals surface area contributed by atoms with Crippen LogP contribution >= 0.6 is 11.3 Å². The lowest BCUT2D eigenvalue weighted by Crippen LogP contribution is -2.11. The number of hydrogen-bond acceptors (Lipinski definition) is 8. The summed E-state index contributed by atoms with van der Waals surface area (Å²) in [6.45, 7) is 1.64. The monoisotopic (exact) mass is 357 g/mol. The van der Waals surface area contributed by atoms with Crippen LogP contribution in [0.25, 0.3) is 11.4 Å². The van der Waals surface area contributed by atoms with Crippen molar-refractivity contribution in [2.75, 3.05) is 0 Å². The summed E-state index contributed by atoms with van der Waals surface area (Å²) < 4.78 is 10.4. The highest BCUT2D eigenvalue weighted by molar-refractivity contribution is 7.12. The fraction of sp³-hybridized carbons (Fsp3) is 0.235. The van der Waals surface area contributed by atoms with Gasteiger partial charge >= 0.3 is 5.97 Å². The molecule has 0 spiro atoms. The van der Waals surface area contributed by atoms with Gasteiger partial charge in [0.05, 0.1) is 11.3 Å². The lowest BCUT2D eigenvalue weighted by molar-refractivity contribution is -0.149. The van der Waals surface area contributed by atoms with Crippen molar-refractivity contribution in [1.29, 1.82) is 0 Å². The Hall–Kier alpha value is -2.87. The Kier molecular flexibility index (Phi) is 5.30. The van der Waals surface area contributed by atoms with Crippen LogP contribution in [0.15, 0.2) is 46.6 Å².